The fourth-order valence-corrected chi connectivity index (χ4v) is 2.94. The average Bonchev–Trinajstić information content (AvgIpc) is 2.96. The molecular formula is C15H17FN4O2. The van der Waals surface area contributed by atoms with Gasteiger partial charge in [-0.2, -0.15) is 5.10 Å². The lowest BCUT2D eigenvalue weighted by molar-refractivity contribution is -0.385. The lowest BCUT2D eigenvalue weighted by Crippen LogP contribution is -2.36. The minimum Gasteiger partial charge on any atom is -0.294 e. The molecule has 0 spiro atoms. The summed E-state index contributed by atoms with van der Waals surface area (Å²) in [6.45, 7) is 4.24. The van der Waals surface area contributed by atoms with Gasteiger partial charge in [0.25, 0.3) is 0 Å². The fourth-order valence-electron chi connectivity index (χ4n) is 2.94. The SMILES string of the molecule is CC1c2cc(F)ccc2CCN1CCn1cc([N+](=O)[O-])cn1. The predicted molar refractivity (Wildman–Crippen MR) is 79.0 cm³/mol. The maximum atomic E-state index is 13.4. The van der Waals surface area contributed by atoms with Crippen LogP contribution in [0.15, 0.2) is 30.6 Å². The van der Waals surface area contributed by atoms with Gasteiger partial charge >= 0.3 is 5.69 Å². The molecule has 0 N–H and O–H groups in total. The van der Waals surface area contributed by atoms with Crippen LogP contribution in [0.25, 0.3) is 0 Å². The van der Waals surface area contributed by atoms with Crippen LogP contribution in [-0.4, -0.2) is 32.7 Å². The van der Waals surface area contributed by atoms with Crippen LogP contribution in [0.4, 0.5) is 10.1 Å². The fraction of sp³-hybridized carbons (Fsp3) is 0.400. The van der Waals surface area contributed by atoms with Gasteiger partial charge in [0.15, 0.2) is 0 Å². The Morgan fingerprint density at radius 2 is 2.27 bits per heavy atom. The number of nitrogens with zero attached hydrogens (tertiary/aromatic N) is 4. The molecule has 1 aliphatic rings. The highest BCUT2D eigenvalue weighted by atomic mass is 19.1. The van der Waals surface area contributed by atoms with E-state index in [4.69, 9.17) is 0 Å². The molecule has 1 unspecified atom stereocenters. The summed E-state index contributed by atoms with van der Waals surface area (Å²) >= 11 is 0. The number of hydrogen-bond acceptors (Lipinski definition) is 4. The molecule has 1 aliphatic heterocycles. The van der Waals surface area contributed by atoms with Crippen molar-refractivity contribution in [1.82, 2.24) is 14.7 Å². The molecule has 0 saturated heterocycles. The Bertz CT molecular complexity index is 701. The van der Waals surface area contributed by atoms with Gasteiger partial charge in [0.2, 0.25) is 0 Å². The standard InChI is InChI=1S/C15H17FN4O2/c1-11-15-8-13(16)3-2-12(15)4-5-18(11)6-7-19-10-14(9-17-19)20(21)22/h2-3,8-11H,4-7H2,1H3. The second kappa shape index (κ2) is 5.84. The van der Waals surface area contributed by atoms with Crippen molar-refractivity contribution >= 4 is 5.69 Å². The summed E-state index contributed by atoms with van der Waals surface area (Å²) in [4.78, 5) is 12.4. The third-order valence-corrected chi connectivity index (χ3v) is 4.22. The topological polar surface area (TPSA) is 64.2 Å². The molecule has 116 valence electrons. The summed E-state index contributed by atoms with van der Waals surface area (Å²) in [5, 5.41) is 14.6. The van der Waals surface area contributed by atoms with E-state index >= 15 is 0 Å². The van der Waals surface area contributed by atoms with Crippen molar-refractivity contribution in [2.24, 2.45) is 0 Å². The van der Waals surface area contributed by atoms with Gasteiger partial charge in [-0.05, 0) is 36.6 Å². The maximum Gasteiger partial charge on any atom is 0.306 e. The summed E-state index contributed by atoms with van der Waals surface area (Å²) in [5.41, 5.74) is 2.22. The number of aromatic nitrogens is 2. The first-order chi connectivity index (χ1) is 10.5. The molecule has 3 rings (SSSR count). The molecule has 6 nitrogen and oxygen atoms in total. The van der Waals surface area contributed by atoms with E-state index in [1.54, 1.807) is 10.7 Å². The molecule has 7 heteroatoms. The van der Waals surface area contributed by atoms with Crippen LogP contribution in [0.1, 0.15) is 24.1 Å². The van der Waals surface area contributed by atoms with Gasteiger partial charge in [-0.15, -0.1) is 0 Å². The zero-order valence-corrected chi connectivity index (χ0v) is 12.3. The number of fused-ring (bicyclic) bond motifs is 1. The summed E-state index contributed by atoms with van der Waals surface area (Å²) in [6, 6.07) is 5.09. The number of halogens is 1. The minimum atomic E-state index is -0.452. The zero-order valence-electron chi connectivity index (χ0n) is 12.3. The number of nitro groups is 1. The molecule has 22 heavy (non-hydrogen) atoms. The molecule has 1 atom stereocenters. The molecule has 1 aromatic heterocycles. The maximum absolute atomic E-state index is 13.4. The Kier molecular flexibility index (Phi) is 3.89. The van der Waals surface area contributed by atoms with Gasteiger partial charge in [-0.1, -0.05) is 6.07 Å². The Morgan fingerprint density at radius 3 is 3.00 bits per heavy atom. The zero-order chi connectivity index (χ0) is 15.7. The molecule has 1 aromatic carbocycles. The third kappa shape index (κ3) is 2.85. The third-order valence-electron chi connectivity index (χ3n) is 4.22. The van der Waals surface area contributed by atoms with Gasteiger partial charge in [0.05, 0.1) is 11.5 Å². The first kappa shape index (κ1) is 14.6. The monoisotopic (exact) mass is 304 g/mol. The molecule has 0 bridgehead atoms. The summed E-state index contributed by atoms with van der Waals surface area (Å²) in [5.74, 6) is -0.213. The normalized spacial score (nSPS) is 18.2. The van der Waals surface area contributed by atoms with Crippen LogP contribution in [0.3, 0.4) is 0 Å². The highest BCUT2D eigenvalue weighted by molar-refractivity contribution is 5.32. The van der Waals surface area contributed by atoms with Gasteiger partial charge < -0.3 is 0 Å². The summed E-state index contributed by atoms with van der Waals surface area (Å²) in [6.07, 6.45) is 3.58. The van der Waals surface area contributed by atoms with E-state index in [0.29, 0.717) is 6.54 Å². The van der Waals surface area contributed by atoms with Crippen molar-refractivity contribution in [3.63, 3.8) is 0 Å². The van der Waals surface area contributed by atoms with E-state index in [2.05, 4.69) is 16.9 Å². The molecule has 0 saturated carbocycles. The van der Waals surface area contributed by atoms with E-state index in [1.165, 1.54) is 24.0 Å². The van der Waals surface area contributed by atoms with E-state index in [1.807, 2.05) is 6.07 Å². The Balaban J connectivity index is 1.67. The van der Waals surface area contributed by atoms with Crippen molar-refractivity contribution < 1.29 is 9.31 Å². The van der Waals surface area contributed by atoms with E-state index in [0.717, 1.165) is 25.1 Å². The Morgan fingerprint density at radius 1 is 1.45 bits per heavy atom. The summed E-state index contributed by atoms with van der Waals surface area (Å²) in [7, 11) is 0. The first-order valence-corrected chi connectivity index (χ1v) is 7.24. The smallest absolute Gasteiger partial charge is 0.294 e. The van der Waals surface area contributed by atoms with E-state index in [-0.39, 0.29) is 17.5 Å². The Hall–Kier alpha value is -2.28. The second-order valence-electron chi connectivity index (χ2n) is 5.52. The lowest BCUT2D eigenvalue weighted by Gasteiger charge is -2.35. The van der Waals surface area contributed by atoms with Crippen molar-refractivity contribution in [2.75, 3.05) is 13.1 Å². The molecule has 2 aromatic rings. The van der Waals surface area contributed by atoms with Crippen LogP contribution in [0.5, 0.6) is 0 Å². The highest BCUT2D eigenvalue weighted by Crippen LogP contribution is 2.29. The predicted octanol–water partition coefficient (Wildman–Crippen LogP) is 2.55. The van der Waals surface area contributed by atoms with Crippen molar-refractivity contribution in [3.05, 3.63) is 57.7 Å². The minimum absolute atomic E-state index is 0.000825. The van der Waals surface area contributed by atoms with Gasteiger partial charge in [-0.3, -0.25) is 19.7 Å². The van der Waals surface area contributed by atoms with Gasteiger partial charge in [0.1, 0.15) is 18.2 Å². The second-order valence-corrected chi connectivity index (χ2v) is 5.52. The number of benzene rings is 1. The number of hydrogen-bond donors (Lipinski definition) is 0. The van der Waals surface area contributed by atoms with Crippen molar-refractivity contribution in [2.45, 2.75) is 25.9 Å². The first-order valence-electron chi connectivity index (χ1n) is 7.24. The van der Waals surface area contributed by atoms with Crippen molar-refractivity contribution in [3.8, 4) is 0 Å². The van der Waals surface area contributed by atoms with Crippen LogP contribution < -0.4 is 0 Å². The van der Waals surface area contributed by atoms with E-state index < -0.39 is 4.92 Å². The molecule has 2 heterocycles. The van der Waals surface area contributed by atoms with Crippen molar-refractivity contribution in [1.29, 1.82) is 0 Å². The molecule has 0 fully saturated rings. The van der Waals surface area contributed by atoms with E-state index in [9.17, 15) is 14.5 Å². The summed E-state index contributed by atoms with van der Waals surface area (Å²) < 4.78 is 15.0. The lowest BCUT2D eigenvalue weighted by atomic mass is 9.93. The van der Waals surface area contributed by atoms with Crippen LogP contribution in [-0.2, 0) is 13.0 Å². The van der Waals surface area contributed by atoms with Crippen LogP contribution >= 0.6 is 0 Å². The van der Waals surface area contributed by atoms with Crippen LogP contribution in [0.2, 0.25) is 0 Å². The molecule has 0 amide bonds. The quantitative estimate of drug-likeness (QED) is 0.643. The molecular weight excluding hydrogens is 287 g/mol. The average molecular weight is 304 g/mol. The van der Waals surface area contributed by atoms with Crippen LogP contribution in [0, 0.1) is 15.9 Å². The van der Waals surface area contributed by atoms with Gasteiger partial charge in [0, 0.05) is 19.1 Å². The largest absolute Gasteiger partial charge is 0.306 e. The molecule has 0 aliphatic carbocycles. The molecule has 0 radical (unpaired) electrons. The Labute approximate surface area is 127 Å². The van der Waals surface area contributed by atoms with Gasteiger partial charge in [-0.25, -0.2) is 4.39 Å². The highest BCUT2D eigenvalue weighted by Gasteiger charge is 2.24. The number of rotatable bonds is 4.